The van der Waals surface area contributed by atoms with Crippen LogP contribution in [0.5, 0.6) is 0 Å². The van der Waals surface area contributed by atoms with Gasteiger partial charge < -0.3 is 14.5 Å². The number of likely N-dealkylation sites (tertiary alicyclic amines) is 1. The Morgan fingerprint density at radius 1 is 0.970 bits per heavy atom. The molecule has 2 aliphatic heterocycles. The number of amides is 1. The number of fused-ring (bicyclic) bond motifs is 1. The summed E-state index contributed by atoms with van der Waals surface area (Å²) in [6, 6.07) is 9.38. The van der Waals surface area contributed by atoms with Crippen molar-refractivity contribution in [2.24, 2.45) is 0 Å². The molecule has 3 heterocycles. The molecule has 33 heavy (non-hydrogen) atoms. The Kier molecular flexibility index (Phi) is 6.54. The molecular formula is C27H33N3O3. The highest BCUT2D eigenvalue weighted by Gasteiger charge is 2.25. The van der Waals surface area contributed by atoms with Crippen molar-refractivity contribution in [2.75, 3.05) is 24.5 Å². The highest BCUT2D eigenvalue weighted by molar-refractivity contribution is 5.96. The van der Waals surface area contributed by atoms with E-state index in [1.165, 1.54) is 6.42 Å². The number of carbonyl (C=O) groups is 2. The topological polar surface area (TPSA) is 62.7 Å². The molecule has 1 aromatic heterocycles. The van der Waals surface area contributed by atoms with Crippen molar-refractivity contribution in [2.45, 2.75) is 58.5 Å². The Labute approximate surface area is 196 Å². The molecule has 2 aromatic rings. The van der Waals surface area contributed by atoms with Gasteiger partial charge in [0.15, 0.2) is 0 Å². The van der Waals surface area contributed by atoms with E-state index < -0.39 is 5.60 Å². The zero-order valence-electron chi connectivity index (χ0n) is 19.9. The van der Waals surface area contributed by atoms with Gasteiger partial charge in [0.1, 0.15) is 11.4 Å². The molecular weight excluding hydrogens is 414 g/mol. The normalized spacial score (nSPS) is 16.8. The van der Waals surface area contributed by atoms with E-state index in [2.05, 4.69) is 11.5 Å². The third kappa shape index (κ3) is 5.27. The third-order valence-corrected chi connectivity index (χ3v) is 6.07. The molecule has 1 amide bonds. The number of hydrogen-bond donors (Lipinski definition) is 0. The van der Waals surface area contributed by atoms with Crippen LogP contribution in [0.4, 0.5) is 11.5 Å². The molecule has 174 valence electrons. The quantitative estimate of drug-likeness (QED) is 0.573. The molecule has 4 rings (SSSR count). The Bertz CT molecular complexity index is 1050. The van der Waals surface area contributed by atoms with Crippen LogP contribution >= 0.6 is 0 Å². The van der Waals surface area contributed by atoms with Crippen molar-refractivity contribution in [1.82, 2.24) is 9.88 Å². The maximum Gasteiger partial charge on any atom is 0.338 e. The molecule has 0 radical (unpaired) electrons. The third-order valence-electron chi connectivity index (χ3n) is 6.07. The van der Waals surface area contributed by atoms with Crippen LogP contribution in [0.25, 0.3) is 5.57 Å². The molecule has 6 nitrogen and oxygen atoms in total. The van der Waals surface area contributed by atoms with Crippen LogP contribution in [-0.4, -0.2) is 47.0 Å². The van der Waals surface area contributed by atoms with Crippen LogP contribution in [0.3, 0.4) is 0 Å². The van der Waals surface area contributed by atoms with E-state index in [4.69, 9.17) is 9.72 Å². The largest absolute Gasteiger partial charge is 0.456 e. The second kappa shape index (κ2) is 9.38. The maximum atomic E-state index is 13.0. The monoisotopic (exact) mass is 447 g/mol. The highest BCUT2D eigenvalue weighted by Crippen LogP contribution is 2.36. The molecule has 0 aliphatic carbocycles. The SMILES string of the molecule is C=C1CCCN(c2ccc(C(=O)OC(C)(C)C)cc2)c2ncc(C(=O)N3CCCCC3)cc21. The van der Waals surface area contributed by atoms with E-state index in [1.807, 2.05) is 43.9 Å². The molecule has 1 aromatic carbocycles. The first-order valence-corrected chi connectivity index (χ1v) is 11.8. The number of pyridine rings is 1. The fourth-order valence-corrected chi connectivity index (χ4v) is 4.39. The standard InChI is InChI=1S/C27H33N3O3/c1-19-9-8-16-30(22-12-10-20(11-13-22)26(32)33-27(2,3)4)24-23(19)17-21(18-28-24)25(31)29-14-6-5-7-15-29/h10-13,17-18H,1,5-9,14-16H2,2-4H3. The molecule has 0 spiro atoms. The summed E-state index contributed by atoms with van der Waals surface area (Å²) in [6.45, 7) is 12.3. The number of carbonyl (C=O) groups excluding carboxylic acids is 2. The highest BCUT2D eigenvalue weighted by atomic mass is 16.6. The average molecular weight is 448 g/mol. The van der Waals surface area contributed by atoms with Crippen molar-refractivity contribution in [3.63, 3.8) is 0 Å². The Balaban J connectivity index is 1.61. The second-order valence-corrected chi connectivity index (χ2v) is 9.86. The van der Waals surface area contributed by atoms with Crippen LogP contribution in [0.15, 0.2) is 43.1 Å². The van der Waals surface area contributed by atoms with Gasteiger partial charge in [-0.05, 0) is 88.8 Å². The fraction of sp³-hybridized carbons (Fsp3) is 0.444. The summed E-state index contributed by atoms with van der Waals surface area (Å²) in [5, 5.41) is 0. The molecule has 2 aliphatic rings. The number of rotatable bonds is 3. The van der Waals surface area contributed by atoms with E-state index in [1.54, 1.807) is 18.3 Å². The first-order chi connectivity index (χ1) is 15.7. The van der Waals surface area contributed by atoms with Crippen LogP contribution in [0.1, 0.15) is 79.2 Å². The number of aromatic nitrogens is 1. The predicted molar refractivity (Wildman–Crippen MR) is 131 cm³/mol. The lowest BCUT2D eigenvalue weighted by molar-refractivity contribution is 0.00694. The van der Waals surface area contributed by atoms with Gasteiger partial charge in [0.2, 0.25) is 0 Å². The summed E-state index contributed by atoms with van der Waals surface area (Å²) in [5.41, 5.74) is 3.47. The van der Waals surface area contributed by atoms with Gasteiger partial charge in [0.25, 0.3) is 5.91 Å². The molecule has 0 bridgehead atoms. The van der Waals surface area contributed by atoms with E-state index in [0.717, 1.165) is 68.0 Å². The van der Waals surface area contributed by atoms with Gasteiger partial charge in [-0.15, -0.1) is 0 Å². The van der Waals surface area contributed by atoms with Gasteiger partial charge in [0, 0.05) is 37.1 Å². The summed E-state index contributed by atoms with van der Waals surface area (Å²) in [6.07, 6.45) is 6.77. The predicted octanol–water partition coefficient (Wildman–Crippen LogP) is 5.61. The first-order valence-electron chi connectivity index (χ1n) is 11.8. The summed E-state index contributed by atoms with van der Waals surface area (Å²) < 4.78 is 5.47. The number of esters is 1. The van der Waals surface area contributed by atoms with Gasteiger partial charge in [0.05, 0.1) is 11.1 Å². The van der Waals surface area contributed by atoms with Crippen LogP contribution in [0.2, 0.25) is 0 Å². The Hall–Kier alpha value is -3.15. The fourth-order valence-electron chi connectivity index (χ4n) is 4.39. The summed E-state index contributed by atoms with van der Waals surface area (Å²) >= 11 is 0. The number of anilines is 2. The van der Waals surface area contributed by atoms with E-state index in [-0.39, 0.29) is 11.9 Å². The lowest BCUT2D eigenvalue weighted by Gasteiger charge is -2.28. The number of ether oxygens (including phenoxy) is 1. The van der Waals surface area contributed by atoms with Gasteiger partial charge in [-0.2, -0.15) is 0 Å². The molecule has 6 heteroatoms. The van der Waals surface area contributed by atoms with E-state index >= 15 is 0 Å². The van der Waals surface area contributed by atoms with Crippen LogP contribution in [0, 0.1) is 0 Å². The van der Waals surface area contributed by atoms with Crippen molar-refractivity contribution in [1.29, 1.82) is 0 Å². The lowest BCUT2D eigenvalue weighted by atomic mass is 10.0. The molecule has 0 saturated carbocycles. The first kappa shape index (κ1) is 23.0. The van der Waals surface area contributed by atoms with Gasteiger partial charge in [-0.25, -0.2) is 9.78 Å². The number of benzene rings is 1. The second-order valence-electron chi connectivity index (χ2n) is 9.86. The van der Waals surface area contributed by atoms with Gasteiger partial charge in [-0.1, -0.05) is 6.58 Å². The average Bonchev–Trinajstić information content (AvgIpc) is 2.96. The minimum Gasteiger partial charge on any atom is -0.456 e. The van der Waals surface area contributed by atoms with Crippen molar-refractivity contribution in [3.8, 4) is 0 Å². The molecule has 1 saturated heterocycles. The van der Waals surface area contributed by atoms with Crippen LogP contribution in [-0.2, 0) is 4.74 Å². The Morgan fingerprint density at radius 3 is 2.33 bits per heavy atom. The number of hydrogen-bond acceptors (Lipinski definition) is 5. The van der Waals surface area contributed by atoms with E-state index in [0.29, 0.717) is 11.1 Å². The number of piperidine rings is 1. The van der Waals surface area contributed by atoms with Gasteiger partial charge >= 0.3 is 5.97 Å². The summed E-state index contributed by atoms with van der Waals surface area (Å²) in [7, 11) is 0. The number of nitrogens with zero attached hydrogens (tertiary/aromatic N) is 3. The smallest absolute Gasteiger partial charge is 0.338 e. The van der Waals surface area contributed by atoms with Crippen molar-refractivity contribution in [3.05, 3.63) is 59.8 Å². The number of allylic oxidation sites excluding steroid dienone is 1. The van der Waals surface area contributed by atoms with Crippen molar-refractivity contribution < 1.29 is 14.3 Å². The molecule has 0 atom stereocenters. The minimum absolute atomic E-state index is 0.0512. The van der Waals surface area contributed by atoms with Gasteiger partial charge in [-0.3, -0.25) is 4.79 Å². The van der Waals surface area contributed by atoms with E-state index in [9.17, 15) is 9.59 Å². The maximum absolute atomic E-state index is 13.0. The molecule has 0 unspecified atom stereocenters. The molecule has 0 N–H and O–H groups in total. The van der Waals surface area contributed by atoms with Crippen LogP contribution < -0.4 is 4.90 Å². The minimum atomic E-state index is -0.535. The zero-order chi connectivity index (χ0) is 23.6. The Morgan fingerprint density at radius 2 is 1.67 bits per heavy atom. The molecule has 1 fully saturated rings. The zero-order valence-corrected chi connectivity index (χ0v) is 19.9. The van der Waals surface area contributed by atoms with Crippen molar-refractivity contribution >= 4 is 29.0 Å². The lowest BCUT2D eigenvalue weighted by Crippen LogP contribution is -2.35. The summed E-state index contributed by atoms with van der Waals surface area (Å²) in [5.74, 6) is 0.519. The summed E-state index contributed by atoms with van der Waals surface area (Å²) in [4.78, 5) is 34.2.